The molecule has 0 fully saturated rings. The molecule has 0 aliphatic carbocycles. The maximum Gasteiger partial charge on any atom is 0.158 e. The summed E-state index contributed by atoms with van der Waals surface area (Å²) in [5.41, 5.74) is 0.285. The van der Waals surface area contributed by atoms with Gasteiger partial charge in [0.2, 0.25) is 0 Å². The lowest BCUT2D eigenvalue weighted by Crippen LogP contribution is -2.22. The fourth-order valence-corrected chi connectivity index (χ4v) is 1.89. The van der Waals surface area contributed by atoms with Gasteiger partial charge < -0.3 is 5.32 Å². The Balaban J connectivity index is 2.58. The van der Waals surface area contributed by atoms with E-state index in [1.807, 2.05) is 13.0 Å². The third-order valence-electron chi connectivity index (χ3n) is 1.65. The van der Waals surface area contributed by atoms with Crippen LogP contribution in [0.5, 0.6) is 0 Å². The Bertz CT molecular complexity index is 384. The van der Waals surface area contributed by atoms with Crippen LogP contribution < -0.4 is 5.32 Å². The molecule has 1 aromatic rings. The Kier molecular flexibility index (Phi) is 4.18. The molecule has 6 heteroatoms. The number of nitrogens with one attached hydrogen (secondary N) is 1. The monoisotopic (exact) mass is 224 g/mol. The van der Waals surface area contributed by atoms with Gasteiger partial charge in [-0.1, -0.05) is 0 Å². The molecule has 0 aromatic carbocycles. The molecule has 1 N–H and O–H groups in total. The van der Waals surface area contributed by atoms with Crippen LogP contribution in [-0.4, -0.2) is 32.2 Å². The van der Waals surface area contributed by atoms with E-state index in [4.69, 9.17) is 5.26 Å². The van der Waals surface area contributed by atoms with E-state index in [1.165, 1.54) is 12.4 Å². The van der Waals surface area contributed by atoms with Crippen molar-refractivity contribution in [2.24, 2.45) is 0 Å². The molecule has 80 valence electrons. The van der Waals surface area contributed by atoms with Gasteiger partial charge in [0.05, 0.1) is 12.4 Å². The SMILES string of the molecule is CC(CS(C)=O)Nc1cnc(C#N)cn1. The molecule has 1 rings (SSSR count). The highest BCUT2D eigenvalue weighted by Crippen LogP contribution is 2.03. The van der Waals surface area contributed by atoms with Gasteiger partial charge in [0.15, 0.2) is 5.69 Å². The number of rotatable bonds is 4. The lowest BCUT2D eigenvalue weighted by Gasteiger charge is -2.12. The maximum absolute atomic E-state index is 10.9. The second-order valence-electron chi connectivity index (χ2n) is 3.18. The first-order valence-electron chi connectivity index (χ1n) is 4.40. The molecule has 0 aliphatic rings. The number of nitrogens with zero attached hydrogens (tertiary/aromatic N) is 3. The van der Waals surface area contributed by atoms with Gasteiger partial charge >= 0.3 is 0 Å². The van der Waals surface area contributed by atoms with E-state index >= 15 is 0 Å². The lowest BCUT2D eigenvalue weighted by molar-refractivity contribution is 0.683. The van der Waals surface area contributed by atoms with Crippen molar-refractivity contribution in [2.45, 2.75) is 13.0 Å². The second kappa shape index (κ2) is 5.41. The lowest BCUT2D eigenvalue weighted by atomic mass is 10.4. The Hall–Kier alpha value is -1.48. The zero-order chi connectivity index (χ0) is 11.3. The fourth-order valence-electron chi connectivity index (χ4n) is 1.11. The van der Waals surface area contributed by atoms with Gasteiger partial charge in [-0.05, 0) is 6.92 Å². The first-order valence-corrected chi connectivity index (χ1v) is 6.13. The topological polar surface area (TPSA) is 78.7 Å². The van der Waals surface area contributed by atoms with Crippen molar-refractivity contribution in [1.29, 1.82) is 5.26 Å². The van der Waals surface area contributed by atoms with Crippen molar-refractivity contribution in [3.05, 3.63) is 18.1 Å². The van der Waals surface area contributed by atoms with Gasteiger partial charge in [0, 0.05) is 28.9 Å². The molecule has 0 spiro atoms. The van der Waals surface area contributed by atoms with Crippen molar-refractivity contribution in [1.82, 2.24) is 9.97 Å². The number of aromatic nitrogens is 2. The van der Waals surface area contributed by atoms with E-state index in [9.17, 15) is 4.21 Å². The molecule has 0 saturated heterocycles. The molecule has 1 heterocycles. The Morgan fingerprint density at radius 2 is 2.33 bits per heavy atom. The smallest absolute Gasteiger partial charge is 0.158 e. The summed E-state index contributed by atoms with van der Waals surface area (Å²) >= 11 is 0. The summed E-state index contributed by atoms with van der Waals surface area (Å²) in [6.07, 6.45) is 4.55. The first kappa shape index (κ1) is 11.6. The predicted octanol–water partition coefficient (Wildman–Crippen LogP) is 0.527. The van der Waals surface area contributed by atoms with Crippen molar-refractivity contribution in [3.63, 3.8) is 0 Å². The molecule has 2 unspecified atom stereocenters. The summed E-state index contributed by atoms with van der Waals surface area (Å²) in [6, 6.07) is 1.96. The van der Waals surface area contributed by atoms with Gasteiger partial charge in [-0.15, -0.1) is 0 Å². The maximum atomic E-state index is 10.9. The van der Waals surface area contributed by atoms with Gasteiger partial charge in [-0.3, -0.25) is 4.21 Å². The van der Waals surface area contributed by atoms with Crippen LogP contribution in [0.2, 0.25) is 0 Å². The minimum Gasteiger partial charge on any atom is -0.365 e. The van der Waals surface area contributed by atoms with E-state index in [-0.39, 0.29) is 11.7 Å². The van der Waals surface area contributed by atoms with Gasteiger partial charge in [0.25, 0.3) is 0 Å². The standard InChI is InChI=1S/C9H12N4OS/c1-7(6-15(2)14)13-9-5-11-8(3-10)4-12-9/h4-5,7H,6H2,1-2H3,(H,12,13). The third-order valence-corrected chi connectivity index (χ3v) is 2.61. The second-order valence-corrected chi connectivity index (χ2v) is 4.66. The predicted molar refractivity (Wildman–Crippen MR) is 58.8 cm³/mol. The van der Waals surface area contributed by atoms with Crippen LogP contribution in [0, 0.1) is 11.3 Å². The molecule has 0 saturated carbocycles. The summed E-state index contributed by atoms with van der Waals surface area (Å²) in [5.74, 6) is 1.15. The van der Waals surface area contributed by atoms with Gasteiger partial charge in [0.1, 0.15) is 11.9 Å². The highest BCUT2D eigenvalue weighted by atomic mass is 32.2. The molecule has 0 amide bonds. The molecular weight excluding hydrogens is 212 g/mol. The van der Waals surface area contributed by atoms with Crippen molar-refractivity contribution >= 4 is 16.6 Å². The Labute approximate surface area is 91.0 Å². The van der Waals surface area contributed by atoms with E-state index in [1.54, 1.807) is 6.26 Å². The van der Waals surface area contributed by atoms with E-state index in [2.05, 4.69) is 15.3 Å². The van der Waals surface area contributed by atoms with Crippen LogP contribution in [0.15, 0.2) is 12.4 Å². The van der Waals surface area contributed by atoms with Crippen LogP contribution >= 0.6 is 0 Å². The minimum absolute atomic E-state index is 0.0677. The summed E-state index contributed by atoms with van der Waals surface area (Å²) in [6.45, 7) is 1.92. The van der Waals surface area contributed by atoms with E-state index < -0.39 is 10.8 Å². The fraction of sp³-hybridized carbons (Fsp3) is 0.444. The largest absolute Gasteiger partial charge is 0.365 e. The molecular formula is C9H12N4OS. The Morgan fingerprint density at radius 3 is 2.80 bits per heavy atom. The summed E-state index contributed by atoms with van der Waals surface area (Å²) in [5, 5.41) is 11.6. The first-order chi connectivity index (χ1) is 7.11. The van der Waals surface area contributed by atoms with Crippen LogP contribution in [-0.2, 0) is 10.8 Å². The summed E-state index contributed by atoms with van der Waals surface area (Å²) in [7, 11) is -0.838. The third kappa shape index (κ3) is 4.04. The zero-order valence-electron chi connectivity index (χ0n) is 8.60. The average molecular weight is 224 g/mol. The number of hydrogen-bond acceptors (Lipinski definition) is 5. The van der Waals surface area contributed by atoms with E-state index in [0.717, 1.165) is 0 Å². The highest BCUT2D eigenvalue weighted by molar-refractivity contribution is 7.84. The summed E-state index contributed by atoms with van der Waals surface area (Å²) < 4.78 is 10.9. The van der Waals surface area contributed by atoms with Crippen molar-refractivity contribution < 1.29 is 4.21 Å². The molecule has 15 heavy (non-hydrogen) atoms. The summed E-state index contributed by atoms with van der Waals surface area (Å²) in [4.78, 5) is 7.87. The molecule has 0 aliphatic heterocycles. The molecule has 1 aromatic heterocycles. The molecule has 2 atom stereocenters. The van der Waals surface area contributed by atoms with Crippen molar-refractivity contribution in [3.8, 4) is 6.07 Å². The number of nitriles is 1. The minimum atomic E-state index is -0.838. The van der Waals surface area contributed by atoms with Crippen LogP contribution in [0.4, 0.5) is 5.82 Å². The molecule has 5 nitrogen and oxygen atoms in total. The van der Waals surface area contributed by atoms with Crippen molar-refractivity contribution in [2.75, 3.05) is 17.3 Å². The molecule has 0 bridgehead atoms. The van der Waals surface area contributed by atoms with Crippen LogP contribution in [0.25, 0.3) is 0 Å². The van der Waals surface area contributed by atoms with Gasteiger partial charge in [-0.2, -0.15) is 5.26 Å². The highest BCUT2D eigenvalue weighted by Gasteiger charge is 2.05. The number of anilines is 1. The van der Waals surface area contributed by atoms with Crippen LogP contribution in [0.1, 0.15) is 12.6 Å². The number of hydrogen-bond donors (Lipinski definition) is 1. The molecule has 0 radical (unpaired) electrons. The average Bonchev–Trinajstić information content (AvgIpc) is 2.17. The zero-order valence-corrected chi connectivity index (χ0v) is 9.41. The van der Waals surface area contributed by atoms with Gasteiger partial charge in [-0.25, -0.2) is 9.97 Å². The normalized spacial score (nSPS) is 13.9. The Morgan fingerprint density at radius 1 is 1.60 bits per heavy atom. The van der Waals surface area contributed by atoms with Crippen LogP contribution in [0.3, 0.4) is 0 Å². The quantitative estimate of drug-likeness (QED) is 0.807. The van der Waals surface area contributed by atoms with E-state index in [0.29, 0.717) is 11.6 Å².